The van der Waals surface area contributed by atoms with Gasteiger partial charge in [0, 0.05) is 5.41 Å². The molecule has 0 aliphatic heterocycles. The number of halogens is 3. The van der Waals surface area contributed by atoms with Crippen LogP contribution in [0.1, 0.15) is 13.8 Å². The van der Waals surface area contributed by atoms with E-state index in [0.29, 0.717) is 4.47 Å². The summed E-state index contributed by atoms with van der Waals surface area (Å²) in [5, 5.41) is 9.19. The maximum atomic E-state index is 12.3. The molecule has 0 saturated carbocycles. The summed E-state index contributed by atoms with van der Waals surface area (Å²) in [6.45, 7) is 0.795. The number of rotatable bonds is 7. The zero-order valence-corrected chi connectivity index (χ0v) is 13.0. The van der Waals surface area contributed by atoms with Crippen LogP contribution in [0.2, 0.25) is 0 Å². The van der Waals surface area contributed by atoms with Gasteiger partial charge >= 0.3 is 6.61 Å². The van der Waals surface area contributed by atoms with Crippen LogP contribution in [0.5, 0.6) is 17.2 Å². The first-order valence-corrected chi connectivity index (χ1v) is 6.65. The first-order chi connectivity index (χ1) is 9.30. The van der Waals surface area contributed by atoms with Crippen molar-refractivity contribution in [1.82, 2.24) is 0 Å². The fourth-order valence-electron chi connectivity index (χ4n) is 1.35. The van der Waals surface area contributed by atoms with Crippen LogP contribution in [0, 0.1) is 5.41 Å². The maximum absolute atomic E-state index is 12.3. The summed E-state index contributed by atoms with van der Waals surface area (Å²) in [5.41, 5.74) is -0.468. The molecule has 0 bridgehead atoms. The molecule has 1 aromatic carbocycles. The minimum Gasteiger partial charge on any atom is -0.490 e. The Morgan fingerprint density at radius 2 is 1.95 bits per heavy atom. The van der Waals surface area contributed by atoms with Gasteiger partial charge < -0.3 is 19.3 Å². The predicted molar refractivity (Wildman–Crippen MR) is 73.7 cm³/mol. The van der Waals surface area contributed by atoms with E-state index < -0.39 is 12.0 Å². The first kappa shape index (κ1) is 17.0. The minimum atomic E-state index is -2.95. The molecule has 0 spiro atoms. The average Bonchev–Trinajstić information content (AvgIpc) is 2.38. The van der Waals surface area contributed by atoms with E-state index in [1.807, 2.05) is 13.8 Å². The Morgan fingerprint density at radius 1 is 1.30 bits per heavy atom. The lowest BCUT2D eigenvalue weighted by molar-refractivity contribution is -0.0514. The highest BCUT2D eigenvalue weighted by Crippen LogP contribution is 2.43. The van der Waals surface area contributed by atoms with Crippen LogP contribution in [-0.4, -0.2) is 32.0 Å². The van der Waals surface area contributed by atoms with E-state index in [4.69, 9.17) is 9.47 Å². The van der Waals surface area contributed by atoms with Gasteiger partial charge in [-0.2, -0.15) is 8.78 Å². The predicted octanol–water partition coefficient (Wildman–Crippen LogP) is 3.46. The molecule has 0 heterocycles. The highest BCUT2D eigenvalue weighted by atomic mass is 79.9. The molecule has 20 heavy (non-hydrogen) atoms. The molecule has 7 heteroatoms. The van der Waals surface area contributed by atoms with Gasteiger partial charge in [-0.05, 0) is 28.1 Å². The molecule has 0 radical (unpaired) electrons. The molecular weight excluding hydrogens is 338 g/mol. The summed E-state index contributed by atoms with van der Waals surface area (Å²) in [6.07, 6.45) is 0. The van der Waals surface area contributed by atoms with Crippen LogP contribution in [0.25, 0.3) is 0 Å². The topological polar surface area (TPSA) is 47.9 Å². The third-order valence-corrected chi connectivity index (χ3v) is 3.11. The molecule has 114 valence electrons. The Hall–Kier alpha value is -1.08. The molecule has 0 fully saturated rings. The van der Waals surface area contributed by atoms with Crippen molar-refractivity contribution in [2.45, 2.75) is 20.5 Å². The number of aliphatic hydroxyl groups is 1. The molecular formula is C13H17BrF2O4. The zero-order chi connectivity index (χ0) is 15.3. The van der Waals surface area contributed by atoms with Crippen molar-refractivity contribution in [2.75, 3.05) is 20.3 Å². The highest BCUT2D eigenvalue weighted by Gasteiger charge is 2.22. The van der Waals surface area contributed by atoms with Crippen LogP contribution in [0.15, 0.2) is 16.6 Å². The second-order valence-corrected chi connectivity index (χ2v) is 5.75. The molecule has 1 rings (SSSR count). The number of hydrogen-bond donors (Lipinski definition) is 1. The summed E-state index contributed by atoms with van der Waals surface area (Å²) < 4.78 is 40.3. The average molecular weight is 355 g/mol. The van der Waals surface area contributed by atoms with E-state index in [1.165, 1.54) is 19.2 Å². The van der Waals surface area contributed by atoms with Gasteiger partial charge in [0.05, 0.1) is 24.8 Å². The molecule has 0 aliphatic rings. The second kappa shape index (κ2) is 7.08. The Balaban J connectivity index is 3.04. The van der Waals surface area contributed by atoms with Crippen molar-refractivity contribution in [3.8, 4) is 17.2 Å². The summed E-state index contributed by atoms with van der Waals surface area (Å²) in [6, 6.07) is 2.89. The Morgan fingerprint density at radius 3 is 2.45 bits per heavy atom. The molecule has 1 aromatic rings. The SMILES string of the molecule is COc1c(OC(F)F)ccc(Br)c1OCC(C)(C)CO. The van der Waals surface area contributed by atoms with Gasteiger partial charge in [-0.15, -0.1) is 0 Å². The summed E-state index contributed by atoms with van der Waals surface area (Å²) in [7, 11) is 1.34. The van der Waals surface area contributed by atoms with Crippen molar-refractivity contribution in [3.05, 3.63) is 16.6 Å². The summed E-state index contributed by atoms with van der Waals surface area (Å²) in [4.78, 5) is 0. The molecule has 0 saturated heterocycles. The normalized spacial score (nSPS) is 11.6. The van der Waals surface area contributed by atoms with Crippen LogP contribution in [0.4, 0.5) is 8.78 Å². The highest BCUT2D eigenvalue weighted by molar-refractivity contribution is 9.10. The largest absolute Gasteiger partial charge is 0.490 e. The number of ether oxygens (including phenoxy) is 3. The van der Waals surface area contributed by atoms with Crippen LogP contribution in [0.3, 0.4) is 0 Å². The van der Waals surface area contributed by atoms with E-state index >= 15 is 0 Å². The third-order valence-electron chi connectivity index (χ3n) is 2.48. The molecule has 0 aliphatic carbocycles. The third kappa shape index (κ3) is 4.49. The van der Waals surface area contributed by atoms with Crippen molar-refractivity contribution in [1.29, 1.82) is 0 Å². The second-order valence-electron chi connectivity index (χ2n) is 4.90. The van der Waals surface area contributed by atoms with Gasteiger partial charge in [-0.1, -0.05) is 13.8 Å². The molecule has 1 N–H and O–H groups in total. The van der Waals surface area contributed by atoms with Gasteiger partial charge in [-0.3, -0.25) is 0 Å². The van der Waals surface area contributed by atoms with Gasteiger partial charge in [0.1, 0.15) is 0 Å². The van der Waals surface area contributed by atoms with Gasteiger partial charge in [0.15, 0.2) is 11.5 Å². The van der Waals surface area contributed by atoms with Crippen molar-refractivity contribution in [2.24, 2.45) is 5.41 Å². The Kier molecular flexibility index (Phi) is 6.01. The van der Waals surface area contributed by atoms with Crippen molar-refractivity contribution >= 4 is 15.9 Å². The van der Waals surface area contributed by atoms with E-state index in [2.05, 4.69) is 20.7 Å². The lowest BCUT2D eigenvalue weighted by Gasteiger charge is -2.23. The van der Waals surface area contributed by atoms with Crippen LogP contribution >= 0.6 is 15.9 Å². The quantitative estimate of drug-likeness (QED) is 0.814. The van der Waals surface area contributed by atoms with Gasteiger partial charge in [-0.25, -0.2) is 0 Å². The molecule has 0 atom stereocenters. The van der Waals surface area contributed by atoms with E-state index in [-0.39, 0.29) is 30.5 Å². The lowest BCUT2D eigenvalue weighted by atomic mass is 9.96. The summed E-state index contributed by atoms with van der Waals surface area (Å²) >= 11 is 3.27. The number of benzene rings is 1. The Labute approximate surface area is 124 Å². The van der Waals surface area contributed by atoms with Crippen LogP contribution < -0.4 is 14.2 Å². The molecule has 0 aromatic heterocycles. The molecule has 0 amide bonds. The van der Waals surface area contributed by atoms with Crippen molar-refractivity contribution in [3.63, 3.8) is 0 Å². The van der Waals surface area contributed by atoms with E-state index in [1.54, 1.807) is 0 Å². The van der Waals surface area contributed by atoms with Crippen molar-refractivity contribution < 1.29 is 28.1 Å². The first-order valence-electron chi connectivity index (χ1n) is 5.85. The molecule has 0 unspecified atom stereocenters. The smallest absolute Gasteiger partial charge is 0.387 e. The van der Waals surface area contributed by atoms with E-state index in [0.717, 1.165) is 0 Å². The number of hydrogen-bond acceptors (Lipinski definition) is 4. The number of alkyl halides is 2. The molecule has 4 nitrogen and oxygen atoms in total. The summed E-state index contributed by atoms with van der Waals surface area (Å²) in [5.74, 6) is 0.225. The van der Waals surface area contributed by atoms with Crippen LogP contribution in [-0.2, 0) is 0 Å². The monoisotopic (exact) mass is 354 g/mol. The van der Waals surface area contributed by atoms with Gasteiger partial charge in [0.25, 0.3) is 0 Å². The Bertz CT molecular complexity index is 452. The standard InChI is InChI=1S/C13H17BrF2O4/c1-13(2,6-17)7-19-10-8(14)4-5-9(11(10)18-3)20-12(15)16/h4-5,12,17H,6-7H2,1-3H3. The number of aliphatic hydroxyl groups excluding tert-OH is 1. The zero-order valence-electron chi connectivity index (χ0n) is 11.5. The number of methoxy groups -OCH3 is 1. The maximum Gasteiger partial charge on any atom is 0.387 e. The minimum absolute atomic E-state index is 0.0693. The fraction of sp³-hybridized carbons (Fsp3) is 0.538. The fourth-order valence-corrected chi connectivity index (χ4v) is 1.78. The van der Waals surface area contributed by atoms with E-state index in [9.17, 15) is 13.9 Å². The van der Waals surface area contributed by atoms with Gasteiger partial charge in [0.2, 0.25) is 5.75 Å². The lowest BCUT2D eigenvalue weighted by Crippen LogP contribution is -2.25.